The number of quaternary nitrogens is 1. The van der Waals surface area contributed by atoms with Crippen molar-refractivity contribution in [3.63, 3.8) is 0 Å². The van der Waals surface area contributed by atoms with Gasteiger partial charge in [0.25, 0.3) is 5.69 Å². The quantitative estimate of drug-likeness (QED) is 0.510. The average Bonchev–Trinajstić information content (AvgIpc) is 2.86. The van der Waals surface area contributed by atoms with Crippen molar-refractivity contribution in [2.24, 2.45) is 0 Å². The van der Waals surface area contributed by atoms with E-state index in [4.69, 9.17) is 12.2 Å². The number of non-ortho nitro benzene ring substituents is 1. The van der Waals surface area contributed by atoms with Gasteiger partial charge >= 0.3 is 0 Å². The molecule has 1 aliphatic heterocycles. The standard InChI is InChI=1S/C14H17N5O2S2/c1-11-15-18(14(22)23-11)10-16-6-8-17(9-7-16)12-2-4-13(5-3-12)19(20)21/h2-5H,6-10H2,1H3/p+1. The van der Waals surface area contributed by atoms with Gasteiger partial charge in [-0.25, -0.2) is 0 Å². The maximum absolute atomic E-state index is 10.7. The van der Waals surface area contributed by atoms with Gasteiger partial charge in [0.15, 0.2) is 10.6 Å². The summed E-state index contributed by atoms with van der Waals surface area (Å²) in [6.45, 7) is 6.61. The van der Waals surface area contributed by atoms with Crippen LogP contribution in [0.5, 0.6) is 0 Å². The lowest BCUT2D eigenvalue weighted by atomic mass is 10.2. The molecule has 9 heteroatoms. The number of aryl methyl sites for hydroxylation is 1. The molecule has 7 nitrogen and oxygen atoms in total. The number of rotatable bonds is 4. The lowest BCUT2D eigenvalue weighted by Crippen LogP contribution is -3.14. The molecule has 0 saturated carbocycles. The lowest BCUT2D eigenvalue weighted by Gasteiger charge is -2.33. The molecule has 1 aliphatic rings. The van der Waals surface area contributed by atoms with Gasteiger partial charge in [0.1, 0.15) is 5.01 Å². The Kier molecular flexibility index (Phi) is 4.69. The first-order chi connectivity index (χ1) is 11.0. The highest BCUT2D eigenvalue weighted by Crippen LogP contribution is 2.19. The Morgan fingerprint density at radius 3 is 2.52 bits per heavy atom. The van der Waals surface area contributed by atoms with Crippen molar-refractivity contribution in [2.45, 2.75) is 13.6 Å². The molecule has 1 N–H and O–H groups in total. The van der Waals surface area contributed by atoms with Gasteiger partial charge in [-0.1, -0.05) is 11.3 Å². The molecule has 0 aliphatic carbocycles. The van der Waals surface area contributed by atoms with Crippen LogP contribution in [0.15, 0.2) is 24.3 Å². The Morgan fingerprint density at radius 1 is 1.35 bits per heavy atom. The minimum Gasteiger partial charge on any atom is -0.360 e. The van der Waals surface area contributed by atoms with Crippen LogP contribution in [-0.4, -0.2) is 40.9 Å². The largest absolute Gasteiger partial charge is 0.360 e. The average molecular weight is 352 g/mol. The highest BCUT2D eigenvalue weighted by atomic mass is 32.1. The first-order valence-electron chi connectivity index (χ1n) is 7.40. The molecule has 0 radical (unpaired) electrons. The Morgan fingerprint density at radius 2 is 2.00 bits per heavy atom. The first-order valence-corrected chi connectivity index (χ1v) is 8.63. The monoisotopic (exact) mass is 352 g/mol. The van der Waals surface area contributed by atoms with Gasteiger partial charge < -0.3 is 9.80 Å². The molecule has 2 aromatic rings. The molecule has 1 aromatic heterocycles. The summed E-state index contributed by atoms with van der Waals surface area (Å²) in [4.78, 5) is 14.0. The second-order valence-corrected chi connectivity index (χ2v) is 7.38. The number of aromatic nitrogens is 2. The van der Waals surface area contributed by atoms with E-state index in [0.29, 0.717) is 0 Å². The van der Waals surface area contributed by atoms with Crippen LogP contribution >= 0.6 is 23.6 Å². The molecule has 0 unspecified atom stereocenters. The number of nitrogens with one attached hydrogen (secondary N) is 1. The van der Waals surface area contributed by atoms with Crippen molar-refractivity contribution >= 4 is 34.9 Å². The maximum Gasteiger partial charge on any atom is 0.269 e. The minimum absolute atomic E-state index is 0.131. The summed E-state index contributed by atoms with van der Waals surface area (Å²) >= 11 is 6.86. The molecule has 1 aromatic carbocycles. The zero-order valence-corrected chi connectivity index (χ0v) is 14.4. The van der Waals surface area contributed by atoms with E-state index >= 15 is 0 Å². The Labute approximate surface area is 142 Å². The van der Waals surface area contributed by atoms with Crippen LogP contribution in [0.1, 0.15) is 5.01 Å². The lowest BCUT2D eigenvalue weighted by molar-refractivity contribution is -0.924. The van der Waals surface area contributed by atoms with Gasteiger partial charge in [0.05, 0.1) is 31.1 Å². The summed E-state index contributed by atoms with van der Waals surface area (Å²) in [6.07, 6.45) is 0. The molecule has 0 bridgehead atoms. The number of nitrogens with zero attached hydrogens (tertiary/aromatic N) is 4. The SMILES string of the molecule is Cc1nn(C[NH+]2CCN(c3ccc([N+](=O)[O-])cc3)CC2)c(=S)s1. The van der Waals surface area contributed by atoms with Gasteiger partial charge in [-0.05, 0) is 31.3 Å². The highest BCUT2D eigenvalue weighted by Gasteiger charge is 2.21. The summed E-state index contributed by atoms with van der Waals surface area (Å²) < 4.78 is 2.74. The van der Waals surface area contributed by atoms with Gasteiger partial charge in [-0.15, -0.1) is 0 Å². The van der Waals surface area contributed by atoms with Crippen LogP contribution in [0, 0.1) is 21.0 Å². The van der Waals surface area contributed by atoms with Crippen molar-refractivity contribution < 1.29 is 9.82 Å². The van der Waals surface area contributed by atoms with E-state index in [1.54, 1.807) is 23.5 Å². The van der Waals surface area contributed by atoms with E-state index in [1.165, 1.54) is 4.90 Å². The number of nitro benzene ring substituents is 1. The molecule has 3 rings (SSSR count). The van der Waals surface area contributed by atoms with E-state index in [2.05, 4.69) is 10.00 Å². The molecule has 2 heterocycles. The predicted molar refractivity (Wildman–Crippen MR) is 91.7 cm³/mol. The molecular weight excluding hydrogens is 334 g/mol. The second-order valence-electron chi connectivity index (χ2n) is 5.56. The fourth-order valence-electron chi connectivity index (χ4n) is 2.75. The fraction of sp³-hybridized carbons (Fsp3) is 0.429. The van der Waals surface area contributed by atoms with Crippen LogP contribution in [0.25, 0.3) is 0 Å². The minimum atomic E-state index is -0.370. The van der Waals surface area contributed by atoms with Crippen LogP contribution in [0.3, 0.4) is 0 Å². The molecule has 23 heavy (non-hydrogen) atoms. The Hall–Kier alpha value is -1.84. The third kappa shape index (κ3) is 3.74. The van der Waals surface area contributed by atoms with Crippen molar-refractivity contribution in [1.82, 2.24) is 9.78 Å². The van der Waals surface area contributed by atoms with Crippen LogP contribution < -0.4 is 9.80 Å². The van der Waals surface area contributed by atoms with E-state index < -0.39 is 0 Å². The molecule has 1 saturated heterocycles. The number of nitro groups is 1. The summed E-state index contributed by atoms with van der Waals surface area (Å²) in [6, 6.07) is 6.77. The zero-order valence-electron chi connectivity index (χ0n) is 12.8. The summed E-state index contributed by atoms with van der Waals surface area (Å²) in [7, 11) is 0. The van der Waals surface area contributed by atoms with E-state index in [9.17, 15) is 10.1 Å². The summed E-state index contributed by atoms with van der Waals surface area (Å²) in [5.74, 6) is 0. The number of piperazine rings is 1. The number of anilines is 1. The van der Waals surface area contributed by atoms with E-state index in [1.807, 2.05) is 23.7 Å². The van der Waals surface area contributed by atoms with Crippen molar-refractivity contribution in [3.05, 3.63) is 43.3 Å². The third-order valence-corrected chi connectivity index (χ3v) is 5.20. The predicted octanol–water partition coefficient (Wildman–Crippen LogP) is 1.25. The molecular formula is C14H18N5O2S2+. The zero-order chi connectivity index (χ0) is 16.4. The van der Waals surface area contributed by atoms with Crippen LogP contribution in [0.2, 0.25) is 0 Å². The molecule has 0 atom stereocenters. The molecule has 0 spiro atoms. The first kappa shape index (κ1) is 16.0. The smallest absolute Gasteiger partial charge is 0.269 e. The number of hydrogen-bond acceptors (Lipinski definition) is 6. The number of hydrogen-bond donors (Lipinski definition) is 1. The molecule has 1 fully saturated rings. The van der Waals surface area contributed by atoms with Gasteiger partial charge in [-0.2, -0.15) is 9.78 Å². The third-order valence-electron chi connectivity index (χ3n) is 3.98. The Bertz CT molecular complexity index is 747. The molecule has 0 amide bonds. The normalized spacial score (nSPS) is 15.8. The van der Waals surface area contributed by atoms with Gasteiger partial charge in [0, 0.05) is 17.8 Å². The van der Waals surface area contributed by atoms with E-state index in [-0.39, 0.29) is 10.6 Å². The molecule has 122 valence electrons. The van der Waals surface area contributed by atoms with Gasteiger partial charge in [-0.3, -0.25) is 10.1 Å². The summed E-state index contributed by atoms with van der Waals surface area (Å²) in [5.41, 5.74) is 1.17. The van der Waals surface area contributed by atoms with Gasteiger partial charge in [0.2, 0.25) is 0 Å². The van der Waals surface area contributed by atoms with Crippen molar-refractivity contribution in [1.29, 1.82) is 0 Å². The highest BCUT2D eigenvalue weighted by molar-refractivity contribution is 7.73. The van der Waals surface area contributed by atoms with E-state index in [0.717, 1.165) is 47.5 Å². The van der Waals surface area contributed by atoms with Crippen molar-refractivity contribution in [2.75, 3.05) is 31.1 Å². The number of benzene rings is 1. The summed E-state index contributed by atoms with van der Waals surface area (Å²) in [5, 5.41) is 16.1. The fourth-order valence-corrected chi connectivity index (χ4v) is 3.82. The van der Waals surface area contributed by atoms with Crippen molar-refractivity contribution in [3.8, 4) is 0 Å². The topological polar surface area (TPSA) is 68.6 Å². The Balaban J connectivity index is 1.58. The second kappa shape index (κ2) is 6.73. The maximum atomic E-state index is 10.7. The van der Waals surface area contributed by atoms with Crippen LogP contribution in [-0.2, 0) is 6.67 Å². The van der Waals surface area contributed by atoms with Crippen LogP contribution in [0.4, 0.5) is 11.4 Å².